The Morgan fingerprint density at radius 2 is 1.91 bits per heavy atom. The fourth-order valence-corrected chi connectivity index (χ4v) is 4.56. The summed E-state index contributed by atoms with van der Waals surface area (Å²) in [7, 11) is 0. The Bertz CT molecular complexity index is 1440. The van der Waals surface area contributed by atoms with Crippen molar-refractivity contribution in [3.8, 4) is 16.3 Å². The Labute approximate surface area is 205 Å². The van der Waals surface area contributed by atoms with Crippen molar-refractivity contribution in [1.82, 2.24) is 20.4 Å². The summed E-state index contributed by atoms with van der Waals surface area (Å²) in [5.74, 6) is -0.779. The van der Waals surface area contributed by atoms with Gasteiger partial charge in [0, 0.05) is 23.5 Å². The minimum absolute atomic E-state index is 0.336. The van der Waals surface area contributed by atoms with Crippen LogP contribution in [0, 0.1) is 0 Å². The third kappa shape index (κ3) is 4.49. The molecule has 1 saturated heterocycles. The monoisotopic (exact) mass is 483 g/mol. The van der Waals surface area contributed by atoms with Gasteiger partial charge >= 0.3 is 6.03 Å². The summed E-state index contributed by atoms with van der Waals surface area (Å²) in [6.07, 6.45) is 5.06. The summed E-state index contributed by atoms with van der Waals surface area (Å²) in [5, 5.41) is 14.4. The number of hydrogen-bond donors (Lipinski definition) is 3. The summed E-state index contributed by atoms with van der Waals surface area (Å²) in [5.41, 5.74) is 2.37. The molecule has 9 heteroatoms. The van der Waals surface area contributed by atoms with Gasteiger partial charge in [-0.1, -0.05) is 36.4 Å². The van der Waals surface area contributed by atoms with E-state index < -0.39 is 17.5 Å². The minimum atomic E-state index is -1.20. The molecule has 1 aliphatic heterocycles. The maximum atomic E-state index is 12.7. The first-order chi connectivity index (χ1) is 16.9. The highest BCUT2D eigenvalue weighted by Gasteiger charge is 2.43. The first kappa shape index (κ1) is 22.3. The van der Waals surface area contributed by atoms with E-state index in [4.69, 9.17) is 5.10 Å². The van der Waals surface area contributed by atoms with E-state index >= 15 is 0 Å². The molecule has 4 aromatic rings. The van der Waals surface area contributed by atoms with Crippen LogP contribution in [0.1, 0.15) is 18.1 Å². The van der Waals surface area contributed by atoms with E-state index in [1.165, 1.54) is 6.08 Å². The van der Waals surface area contributed by atoms with Gasteiger partial charge in [0.15, 0.2) is 0 Å². The fourth-order valence-electron chi connectivity index (χ4n) is 3.83. The molecule has 3 N–H and O–H groups in total. The number of carbonyl (C=O) groups excluding carboxylic acids is 3. The van der Waals surface area contributed by atoms with Crippen molar-refractivity contribution in [3.63, 3.8) is 0 Å². The van der Waals surface area contributed by atoms with E-state index in [2.05, 4.69) is 16.0 Å². The molecular weight excluding hydrogens is 462 g/mol. The number of urea groups is 1. The molecule has 1 atom stereocenters. The number of rotatable bonds is 6. The van der Waals surface area contributed by atoms with Gasteiger partial charge in [0.25, 0.3) is 5.91 Å². The molecule has 1 unspecified atom stereocenters. The number of imide groups is 1. The SMILES string of the molecule is CC1(c2cccc(NC(=O)/C=C/c3cn(-c4ccccc4)nc3-c3cccs3)c2)NC(=O)NC1=O. The van der Waals surface area contributed by atoms with Crippen LogP contribution in [0.15, 0.2) is 84.4 Å². The van der Waals surface area contributed by atoms with Crippen LogP contribution in [0.3, 0.4) is 0 Å². The quantitative estimate of drug-likeness (QED) is 0.281. The summed E-state index contributed by atoms with van der Waals surface area (Å²) >= 11 is 1.58. The summed E-state index contributed by atoms with van der Waals surface area (Å²) in [6.45, 7) is 1.62. The lowest BCUT2D eigenvalue weighted by Gasteiger charge is -2.21. The molecule has 1 aliphatic rings. The van der Waals surface area contributed by atoms with Crippen LogP contribution in [-0.4, -0.2) is 27.6 Å². The Morgan fingerprint density at radius 3 is 2.63 bits per heavy atom. The van der Waals surface area contributed by atoms with Crippen molar-refractivity contribution >= 4 is 40.9 Å². The molecule has 35 heavy (non-hydrogen) atoms. The van der Waals surface area contributed by atoms with Crippen molar-refractivity contribution in [3.05, 3.63) is 95.5 Å². The molecule has 1 fully saturated rings. The maximum Gasteiger partial charge on any atom is 0.322 e. The predicted octanol–water partition coefficient (Wildman–Crippen LogP) is 4.31. The van der Waals surface area contributed by atoms with E-state index in [0.29, 0.717) is 11.3 Å². The van der Waals surface area contributed by atoms with Crippen LogP contribution >= 0.6 is 11.3 Å². The van der Waals surface area contributed by atoms with Crippen molar-refractivity contribution in [2.24, 2.45) is 0 Å². The highest BCUT2D eigenvalue weighted by molar-refractivity contribution is 7.13. The summed E-state index contributed by atoms with van der Waals surface area (Å²) in [6, 6.07) is 20.0. The Kier molecular flexibility index (Phi) is 5.76. The van der Waals surface area contributed by atoms with Crippen LogP contribution < -0.4 is 16.0 Å². The van der Waals surface area contributed by atoms with Gasteiger partial charge in [-0.15, -0.1) is 11.3 Å². The molecule has 0 aliphatic carbocycles. The van der Waals surface area contributed by atoms with Gasteiger partial charge in [-0.05, 0) is 54.3 Å². The van der Waals surface area contributed by atoms with E-state index in [1.807, 2.05) is 54.0 Å². The van der Waals surface area contributed by atoms with Gasteiger partial charge in [0.2, 0.25) is 5.91 Å². The van der Waals surface area contributed by atoms with Gasteiger partial charge in [0.05, 0.1) is 10.6 Å². The number of anilines is 1. The summed E-state index contributed by atoms with van der Waals surface area (Å²) < 4.78 is 1.79. The Hall–Kier alpha value is -4.50. The molecule has 0 radical (unpaired) electrons. The molecule has 0 bridgehead atoms. The average molecular weight is 484 g/mol. The molecule has 2 aromatic carbocycles. The standard InChI is InChI=1S/C26H21N5O3S/c1-26(24(33)28-25(34)29-26)18-7-5-8-19(15-18)27-22(32)13-12-17-16-31(20-9-3-2-4-10-20)30-23(17)21-11-6-14-35-21/h2-16H,1H3,(H,27,32)(H2,28,29,33,34)/b13-12+. The smallest absolute Gasteiger partial charge is 0.322 e. The molecule has 3 heterocycles. The van der Waals surface area contributed by atoms with Gasteiger partial charge in [-0.3, -0.25) is 14.9 Å². The van der Waals surface area contributed by atoms with Crippen molar-refractivity contribution < 1.29 is 14.4 Å². The van der Waals surface area contributed by atoms with E-state index in [-0.39, 0.29) is 5.91 Å². The van der Waals surface area contributed by atoms with Crippen LogP contribution in [0.2, 0.25) is 0 Å². The number of nitrogens with one attached hydrogen (secondary N) is 3. The number of nitrogens with zero attached hydrogens (tertiary/aromatic N) is 2. The van der Waals surface area contributed by atoms with Gasteiger partial charge in [-0.2, -0.15) is 5.10 Å². The first-order valence-electron chi connectivity index (χ1n) is 10.8. The molecule has 174 valence electrons. The van der Waals surface area contributed by atoms with Crippen molar-refractivity contribution in [1.29, 1.82) is 0 Å². The van der Waals surface area contributed by atoms with Gasteiger partial charge < -0.3 is 10.6 Å². The second-order valence-corrected chi connectivity index (χ2v) is 9.07. The van der Waals surface area contributed by atoms with Gasteiger partial charge in [0.1, 0.15) is 11.2 Å². The minimum Gasteiger partial charge on any atom is -0.323 e. The number of aromatic nitrogens is 2. The molecule has 0 saturated carbocycles. The largest absolute Gasteiger partial charge is 0.323 e. The highest BCUT2D eigenvalue weighted by atomic mass is 32.1. The van der Waals surface area contributed by atoms with Crippen LogP contribution in [0.4, 0.5) is 10.5 Å². The normalized spacial score (nSPS) is 17.4. The number of thiophene rings is 1. The average Bonchev–Trinajstić information content (AvgIpc) is 3.58. The fraction of sp³-hybridized carbons (Fsp3) is 0.0769. The number of hydrogen-bond acceptors (Lipinski definition) is 5. The highest BCUT2D eigenvalue weighted by Crippen LogP contribution is 2.29. The lowest BCUT2D eigenvalue weighted by molar-refractivity contribution is -0.123. The zero-order valence-corrected chi connectivity index (χ0v) is 19.5. The zero-order valence-electron chi connectivity index (χ0n) is 18.7. The lowest BCUT2D eigenvalue weighted by atomic mass is 9.92. The number of amides is 4. The third-order valence-electron chi connectivity index (χ3n) is 5.68. The van der Waals surface area contributed by atoms with E-state index in [1.54, 1.807) is 53.3 Å². The number of para-hydroxylation sites is 1. The molecule has 4 amide bonds. The van der Waals surface area contributed by atoms with Crippen molar-refractivity contribution in [2.45, 2.75) is 12.5 Å². The number of benzene rings is 2. The zero-order chi connectivity index (χ0) is 24.4. The molecule has 0 spiro atoms. The van der Waals surface area contributed by atoms with E-state index in [9.17, 15) is 14.4 Å². The third-order valence-corrected chi connectivity index (χ3v) is 6.56. The molecule has 8 nitrogen and oxygen atoms in total. The second kappa shape index (κ2) is 9.03. The second-order valence-electron chi connectivity index (χ2n) is 8.13. The van der Waals surface area contributed by atoms with Crippen LogP contribution in [0.25, 0.3) is 22.3 Å². The van der Waals surface area contributed by atoms with E-state index in [0.717, 1.165) is 21.8 Å². The maximum absolute atomic E-state index is 12.7. The molecule has 5 rings (SSSR count). The van der Waals surface area contributed by atoms with Crippen LogP contribution in [0.5, 0.6) is 0 Å². The summed E-state index contributed by atoms with van der Waals surface area (Å²) in [4.78, 5) is 37.6. The predicted molar refractivity (Wildman–Crippen MR) is 135 cm³/mol. The number of carbonyl (C=O) groups is 3. The lowest BCUT2D eigenvalue weighted by Crippen LogP contribution is -2.40. The topological polar surface area (TPSA) is 105 Å². The molecule has 2 aromatic heterocycles. The van der Waals surface area contributed by atoms with Crippen molar-refractivity contribution in [2.75, 3.05) is 5.32 Å². The van der Waals surface area contributed by atoms with Gasteiger partial charge in [-0.25, -0.2) is 9.48 Å². The Morgan fingerprint density at radius 1 is 1.09 bits per heavy atom. The molecular formula is C26H21N5O3S. The Balaban J connectivity index is 1.37. The van der Waals surface area contributed by atoms with Crippen LogP contribution in [-0.2, 0) is 15.1 Å². The first-order valence-corrected chi connectivity index (χ1v) is 11.7.